The number of hydrogen-bond acceptors (Lipinski definition) is 3. The molecule has 1 aromatic heterocycles. The van der Waals surface area contributed by atoms with E-state index >= 15 is 0 Å². The first-order chi connectivity index (χ1) is 7.34. The number of nitrogens with one attached hydrogen (secondary N) is 2. The lowest BCUT2D eigenvalue weighted by Crippen LogP contribution is -2.46. The molecule has 0 aromatic carbocycles. The van der Waals surface area contributed by atoms with Crippen molar-refractivity contribution >= 4 is 11.9 Å². The van der Waals surface area contributed by atoms with Crippen LogP contribution in [0.25, 0.3) is 0 Å². The van der Waals surface area contributed by atoms with Crippen LogP contribution in [0.4, 0.5) is 0 Å². The Morgan fingerprint density at radius 2 is 2.19 bits per heavy atom. The highest BCUT2D eigenvalue weighted by molar-refractivity contribution is 5.95. The van der Waals surface area contributed by atoms with Crippen LogP contribution in [-0.4, -0.2) is 39.2 Å². The van der Waals surface area contributed by atoms with Crippen LogP contribution < -0.4 is 5.32 Å². The van der Waals surface area contributed by atoms with Gasteiger partial charge in [-0.05, 0) is 19.9 Å². The summed E-state index contributed by atoms with van der Waals surface area (Å²) in [7, 11) is 0. The standard InChI is InChI=1S/C10H14N2O4/c1-6-7(3-4-11-6)8(13)12-5-10(2,16)9(14)15/h3-4,11,16H,5H2,1-2H3,(H,12,13)(H,14,15). The summed E-state index contributed by atoms with van der Waals surface area (Å²) in [4.78, 5) is 25.0. The van der Waals surface area contributed by atoms with E-state index in [-0.39, 0.29) is 6.54 Å². The number of rotatable bonds is 4. The van der Waals surface area contributed by atoms with Crippen LogP contribution in [-0.2, 0) is 4.79 Å². The summed E-state index contributed by atoms with van der Waals surface area (Å²) in [6.07, 6.45) is 1.61. The fraction of sp³-hybridized carbons (Fsp3) is 0.400. The molecule has 16 heavy (non-hydrogen) atoms. The molecule has 0 radical (unpaired) electrons. The largest absolute Gasteiger partial charge is 0.479 e. The molecule has 0 bridgehead atoms. The molecule has 6 heteroatoms. The van der Waals surface area contributed by atoms with Crippen molar-refractivity contribution in [2.24, 2.45) is 0 Å². The first-order valence-corrected chi connectivity index (χ1v) is 4.72. The zero-order chi connectivity index (χ0) is 12.3. The van der Waals surface area contributed by atoms with E-state index in [2.05, 4.69) is 10.3 Å². The van der Waals surface area contributed by atoms with Crippen LogP contribution in [0.5, 0.6) is 0 Å². The van der Waals surface area contributed by atoms with Crippen molar-refractivity contribution in [2.45, 2.75) is 19.4 Å². The molecule has 1 amide bonds. The Morgan fingerprint density at radius 3 is 2.62 bits per heavy atom. The van der Waals surface area contributed by atoms with Gasteiger partial charge in [-0.25, -0.2) is 4.79 Å². The molecule has 1 rings (SSSR count). The summed E-state index contributed by atoms with van der Waals surface area (Å²) >= 11 is 0. The zero-order valence-corrected chi connectivity index (χ0v) is 9.07. The van der Waals surface area contributed by atoms with E-state index < -0.39 is 17.5 Å². The molecule has 1 heterocycles. The third kappa shape index (κ3) is 2.60. The lowest BCUT2D eigenvalue weighted by Gasteiger charge is -2.18. The molecular weight excluding hydrogens is 212 g/mol. The predicted molar refractivity (Wildman–Crippen MR) is 56.1 cm³/mol. The number of aromatic nitrogens is 1. The molecule has 0 saturated heterocycles. The molecule has 0 aliphatic carbocycles. The minimum atomic E-state index is -1.96. The molecule has 88 valence electrons. The minimum absolute atomic E-state index is 0.341. The van der Waals surface area contributed by atoms with Crippen molar-refractivity contribution in [3.8, 4) is 0 Å². The fourth-order valence-electron chi connectivity index (χ4n) is 1.12. The van der Waals surface area contributed by atoms with Gasteiger partial charge in [0, 0.05) is 11.9 Å². The molecule has 6 nitrogen and oxygen atoms in total. The van der Waals surface area contributed by atoms with E-state index in [1.807, 2.05) is 0 Å². The second kappa shape index (κ2) is 4.36. The van der Waals surface area contributed by atoms with Crippen LogP contribution in [0, 0.1) is 6.92 Å². The number of aliphatic hydroxyl groups is 1. The van der Waals surface area contributed by atoms with Gasteiger partial charge in [0.25, 0.3) is 5.91 Å². The summed E-state index contributed by atoms with van der Waals surface area (Å²) in [5.74, 6) is -1.79. The molecule has 4 N–H and O–H groups in total. The van der Waals surface area contributed by atoms with Crippen LogP contribution in [0.3, 0.4) is 0 Å². The Hall–Kier alpha value is -1.82. The minimum Gasteiger partial charge on any atom is -0.479 e. The molecule has 0 aliphatic heterocycles. The normalized spacial score (nSPS) is 14.2. The molecule has 0 fully saturated rings. The maximum Gasteiger partial charge on any atom is 0.337 e. The lowest BCUT2D eigenvalue weighted by molar-refractivity contribution is -0.155. The smallest absolute Gasteiger partial charge is 0.337 e. The van der Waals surface area contributed by atoms with Gasteiger partial charge in [0.05, 0.1) is 12.1 Å². The van der Waals surface area contributed by atoms with Gasteiger partial charge >= 0.3 is 5.97 Å². The molecule has 1 unspecified atom stereocenters. The number of aromatic amines is 1. The highest BCUT2D eigenvalue weighted by Gasteiger charge is 2.30. The number of carbonyl (C=O) groups is 2. The number of aryl methyl sites for hydroxylation is 1. The topological polar surface area (TPSA) is 102 Å². The Labute approximate surface area is 92.3 Å². The van der Waals surface area contributed by atoms with Gasteiger partial charge in [-0.2, -0.15) is 0 Å². The molecular formula is C10H14N2O4. The Balaban J connectivity index is 2.61. The number of carboxylic acids is 1. The molecule has 0 spiro atoms. The summed E-state index contributed by atoms with van der Waals surface area (Å²) in [6, 6.07) is 1.58. The molecule has 1 atom stereocenters. The molecule has 1 aromatic rings. The quantitative estimate of drug-likeness (QED) is 0.575. The van der Waals surface area contributed by atoms with Crippen molar-refractivity contribution in [1.29, 1.82) is 0 Å². The van der Waals surface area contributed by atoms with E-state index in [0.717, 1.165) is 6.92 Å². The summed E-state index contributed by atoms with van der Waals surface area (Å²) in [6.45, 7) is 2.51. The van der Waals surface area contributed by atoms with Gasteiger partial charge in [0.2, 0.25) is 0 Å². The van der Waals surface area contributed by atoms with Gasteiger partial charge in [-0.1, -0.05) is 0 Å². The number of hydrogen-bond donors (Lipinski definition) is 4. The van der Waals surface area contributed by atoms with Gasteiger partial charge in [0.15, 0.2) is 5.60 Å². The summed E-state index contributed by atoms with van der Waals surface area (Å²) in [5.41, 5.74) is -0.839. The number of carboxylic acid groups (broad SMARTS) is 1. The SMILES string of the molecule is Cc1[nH]ccc1C(=O)NCC(C)(O)C(=O)O. The molecule has 0 aliphatic rings. The number of amides is 1. The van der Waals surface area contributed by atoms with Crippen molar-refractivity contribution < 1.29 is 19.8 Å². The van der Waals surface area contributed by atoms with E-state index in [1.54, 1.807) is 19.2 Å². The average molecular weight is 226 g/mol. The van der Waals surface area contributed by atoms with Gasteiger partial charge < -0.3 is 20.5 Å². The van der Waals surface area contributed by atoms with Crippen molar-refractivity contribution in [3.05, 3.63) is 23.5 Å². The third-order valence-corrected chi connectivity index (χ3v) is 2.25. The maximum absolute atomic E-state index is 11.6. The fourth-order valence-corrected chi connectivity index (χ4v) is 1.12. The Kier molecular flexibility index (Phi) is 3.34. The average Bonchev–Trinajstić information content (AvgIpc) is 2.61. The first kappa shape index (κ1) is 12.3. The zero-order valence-electron chi connectivity index (χ0n) is 9.07. The maximum atomic E-state index is 11.6. The van der Waals surface area contributed by atoms with Crippen LogP contribution in [0.1, 0.15) is 23.0 Å². The Morgan fingerprint density at radius 1 is 1.56 bits per heavy atom. The van der Waals surface area contributed by atoms with Crippen LogP contribution in [0.15, 0.2) is 12.3 Å². The Bertz CT molecular complexity index is 409. The van der Waals surface area contributed by atoms with Gasteiger partial charge in [0.1, 0.15) is 0 Å². The summed E-state index contributed by atoms with van der Waals surface area (Å²) in [5, 5.41) is 20.4. The van der Waals surface area contributed by atoms with E-state index in [9.17, 15) is 14.7 Å². The second-order valence-corrected chi connectivity index (χ2v) is 3.78. The highest BCUT2D eigenvalue weighted by atomic mass is 16.4. The van der Waals surface area contributed by atoms with Crippen LogP contribution in [0.2, 0.25) is 0 Å². The highest BCUT2D eigenvalue weighted by Crippen LogP contribution is 2.06. The van der Waals surface area contributed by atoms with Crippen molar-refractivity contribution in [2.75, 3.05) is 6.54 Å². The first-order valence-electron chi connectivity index (χ1n) is 4.72. The summed E-state index contributed by atoms with van der Waals surface area (Å²) < 4.78 is 0. The number of H-pyrrole nitrogens is 1. The van der Waals surface area contributed by atoms with Crippen molar-refractivity contribution in [1.82, 2.24) is 10.3 Å². The second-order valence-electron chi connectivity index (χ2n) is 3.78. The number of carbonyl (C=O) groups excluding carboxylic acids is 1. The number of aliphatic carboxylic acids is 1. The van der Waals surface area contributed by atoms with Gasteiger partial charge in [-0.15, -0.1) is 0 Å². The van der Waals surface area contributed by atoms with E-state index in [4.69, 9.17) is 5.11 Å². The third-order valence-electron chi connectivity index (χ3n) is 2.25. The monoisotopic (exact) mass is 226 g/mol. The van der Waals surface area contributed by atoms with E-state index in [1.165, 1.54) is 0 Å². The van der Waals surface area contributed by atoms with E-state index in [0.29, 0.717) is 11.3 Å². The lowest BCUT2D eigenvalue weighted by atomic mass is 10.1. The molecule has 0 saturated carbocycles. The van der Waals surface area contributed by atoms with Gasteiger partial charge in [-0.3, -0.25) is 4.79 Å². The van der Waals surface area contributed by atoms with Crippen molar-refractivity contribution in [3.63, 3.8) is 0 Å². The predicted octanol–water partition coefficient (Wildman–Crippen LogP) is -0.111. The van der Waals surface area contributed by atoms with Crippen LogP contribution >= 0.6 is 0 Å².